The lowest BCUT2D eigenvalue weighted by atomic mass is 10.1. The van der Waals surface area contributed by atoms with Crippen molar-refractivity contribution in [2.24, 2.45) is 5.10 Å². The number of carbonyl (C=O) groups is 2. The minimum atomic E-state index is -0.383. The van der Waals surface area contributed by atoms with E-state index in [0.717, 1.165) is 23.0 Å². The van der Waals surface area contributed by atoms with Crippen LogP contribution in [0.4, 0.5) is 5.69 Å². The summed E-state index contributed by atoms with van der Waals surface area (Å²) in [5.74, 6) is 0.779. The van der Waals surface area contributed by atoms with E-state index in [1.807, 2.05) is 43.0 Å². The van der Waals surface area contributed by atoms with Gasteiger partial charge in [0.2, 0.25) is 11.8 Å². The standard InChI is InChI=1S/C19H21N3O3/c1-4-8-17(23)22-19(24)14(13(3)20-22)11-12-18-21(5-2)15-9-6-7-10-16(15)25-18/h6-7,9-12H,4-5,8H2,1-3H3/b14-11+,18-12+. The molecule has 1 aromatic carbocycles. The first kappa shape index (κ1) is 17.0. The molecule has 1 aromatic rings. The Labute approximate surface area is 147 Å². The molecular formula is C19H21N3O3. The molecule has 2 heterocycles. The molecule has 6 nitrogen and oxygen atoms in total. The second-order valence-corrected chi connectivity index (χ2v) is 5.85. The molecule has 6 heteroatoms. The van der Waals surface area contributed by atoms with Crippen LogP contribution < -0.4 is 9.64 Å². The van der Waals surface area contributed by atoms with Crippen LogP contribution in [0.15, 0.2) is 53.0 Å². The normalized spacial score (nSPS) is 19.5. The second-order valence-electron chi connectivity index (χ2n) is 5.85. The number of para-hydroxylation sites is 2. The average molecular weight is 339 g/mol. The van der Waals surface area contributed by atoms with Gasteiger partial charge in [0.05, 0.1) is 17.0 Å². The summed E-state index contributed by atoms with van der Waals surface area (Å²) in [6, 6.07) is 7.78. The lowest BCUT2D eigenvalue weighted by Gasteiger charge is -2.14. The van der Waals surface area contributed by atoms with E-state index < -0.39 is 0 Å². The number of nitrogens with zero attached hydrogens (tertiary/aromatic N) is 3. The number of carbonyl (C=O) groups excluding carboxylic acids is 2. The fourth-order valence-electron chi connectivity index (χ4n) is 2.86. The topological polar surface area (TPSA) is 62.2 Å². The van der Waals surface area contributed by atoms with E-state index in [1.165, 1.54) is 0 Å². The molecule has 3 rings (SSSR count). The van der Waals surface area contributed by atoms with Crippen molar-refractivity contribution >= 4 is 23.2 Å². The summed E-state index contributed by atoms with van der Waals surface area (Å²) in [6.45, 7) is 6.40. The Balaban J connectivity index is 1.85. The number of hydrazone groups is 1. The van der Waals surface area contributed by atoms with Crippen molar-refractivity contribution in [2.75, 3.05) is 11.4 Å². The first-order chi connectivity index (χ1) is 12.1. The summed E-state index contributed by atoms with van der Waals surface area (Å²) in [6.07, 6.45) is 4.41. The minimum Gasteiger partial charge on any atom is -0.439 e. The number of amides is 2. The molecule has 0 spiro atoms. The van der Waals surface area contributed by atoms with Crippen molar-refractivity contribution < 1.29 is 14.3 Å². The Kier molecular flexibility index (Phi) is 4.70. The third-order valence-corrected chi connectivity index (χ3v) is 4.11. The van der Waals surface area contributed by atoms with E-state index in [-0.39, 0.29) is 11.8 Å². The molecule has 2 aliphatic rings. The summed E-state index contributed by atoms with van der Waals surface area (Å²) >= 11 is 0. The molecule has 0 saturated carbocycles. The van der Waals surface area contributed by atoms with E-state index in [2.05, 4.69) is 5.10 Å². The van der Waals surface area contributed by atoms with Crippen LogP contribution in [-0.2, 0) is 9.59 Å². The van der Waals surface area contributed by atoms with Crippen LogP contribution in [0.2, 0.25) is 0 Å². The van der Waals surface area contributed by atoms with Gasteiger partial charge in [0.1, 0.15) is 0 Å². The van der Waals surface area contributed by atoms with Gasteiger partial charge in [0, 0.05) is 13.0 Å². The Morgan fingerprint density at radius 2 is 2.00 bits per heavy atom. The van der Waals surface area contributed by atoms with Crippen LogP contribution in [-0.4, -0.2) is 29.1 Å². The van der Waals surface area contributed by atoms with E-state index in [0.29, 0.717) is 30.0 Å². The number of allylic oxidation sites excluding steroid dienone is 2. The van der Waals surface area contributed by atoms with Gasteiger partial charge in [-0.1, -0.05) is 19.1 Å². The van der Waals surface area contributed by atoms with Gasteiger partial charge in [-0.25, -0.2) is 0 Å². The van der Waals surface area contributed by atoms with Crippen molar-refractivity contribution in [1.82, 2.24) is 5.01 Å². The summed E-state index contributed by atoms with van der Waals surface area (Å²) < 4.78 is 5.86. The predicted molar refractivity (Wildman–Crippen MR) is 96.1 cm³/mol. The van der Waals surface area contributed by atoms with Gasteiger partial charge < -0.3 is 9.64 Å². The van der Waals surface area contributed by atoms with Crippen molar-refractivity contribution in [3.8, 4) is 5.75 Å². The highest BCUT2D eigenvalue weighted by molar-refractivity contribution is 6.27. The largest absolute Gasteiger partial charge is 0.439 e. The number of benzene rings is 1. The van der Waals surface area contributed by atoms with Gasteiger partial charge in [-0.15, -0.1) is 0 Å². The fraction of sp³-hybridized carbons (Fsp3) is 0.316. The van der Waals surface area contributed by atoms with Gasteiger partial charge in [-0.05, 0) is 44.6 Å². The number of fused-ring (bicyclic) bond motifs is 1. The fourth-order valence-corrected chi connectivity index (χ4v) is 2.86. The number of rotatable bonds is 4. The highest BCUT2D eigenvalue weighted by atomic mass is 16.5. The number of hydrogen-bond acceptors (Lipinski definition) is 5. The van der Waals surface area contributed by atoms with E-state index in [1.54, 1.807) is 19.1 Å². The lowest BCUT2D eigenvalue weighted by Crippen LogP contribution is -2.28. The maximum atomic E-state index is 12.4. The Morgan fingerprint density at radius 1 is 1.24 bits per heavy atom. The van der Waals surface area contributed by atoms with E-state index in [9.17, 15) is 9.59 Å². The molecule has 2 aliphatic heterocycles. The van der Waals surface area contributed by atoms with Crippen molar-refractivity contribution in [1.29, 1.82) is 0 Å². The summed E-state index contributed by atoms with van der Waals surface area (Å²) in [5, 5.41) is 5.06. The molecule has 0 bridgehead atoms. The number of anilines is 1. The molecular weight excluding hydrogens is 318 g/mol. The molecule has 130 valence electrons. The summed E-state index contributed by atoms with van der Waals surface area (Å²) in [5.41, 5.74) is 1.94. The van der Waals surface area contributed by atoms with Crippen LogP contribution in [0, 0.1) is 0 Å². The van der Waals surface area contributed by atoms with E-state index >= 15 is 0 Å². The van der Waals surface area contributed by atoms with Gasteiger partial charge in [-0.2, -0.15) is 10.1 Å². The molecule has 0 N–H and O–H groups in total. The Hall–Kier alpha value is -2.89. The average Bonchev–Trinajstić information content (AvgIpc) is 3.10. The summed E-state index contributed by atoms with van der Waals surface area (Å²) in [4.78, 5) is 26.4. The van der Waals surface area contributed by atoms with Crippen molar-refractivity contribution in [3.63, 3.8) is 0 Å². The zero-order valence-electron chi connectivity index (χ0n) is 14.7. The van der Waals surface area contributed by atoms with Crippen LogP contribution in [0.1, 0.15) is 33.6 Å². The monoisotopic (exact) mass is 339 g/mol. The van der Waals surface area contributed by atoms with Gasteiger partial charge in [0.25, 0.3) is 5.91 Å². The minimum absolute atomic E-state index is 0.275. The van der Waals surface area contributed by atoms with Crippen LogP contribution in [0.3, 0.4) is 0 Å². The molecule has 0 fully saturated rings. The van der Waals surface area contributed by atoms with E-state index in [4.69, 9.17) is 4.74 Å². The second kappa shape index (κ2) is 6.93. The third kappa shape index (κ3) is 3.07. The van der Waals surface area contributed by atoms with Crippen LogP contribution in [0.5, 0.6) is 5.75 Å². The maximum Gasteiger partial charge on any atom is 0.283 e. The molecule has 25 heavy (non-hydrogen) atoms. The van der Waals surface area contributed by atoms with Crippen molar-refractivity contribution in [2.45, 2.75) is 33.6 Å². The molecule has 0 aromatic heterocycles. The molecule has 0 unspecified atom stereocenters. The first-order valence-electron chi connectivity index (χ1n) is 8.46. The van der Waals surface area contributed by atoms with Gasteiger partial charge >= 0.3 is 0 Å². The first-order valence-corrected chi connectivity index (χ1v) is 8.46. The van der Waals surface area contributed by atoms with Crippen LogP contribution in [0.25, 0.3) is 0 Å². The zero-order valence-corrected chi connectivity index (χ0v) is 14.7. The van der Waals surface area contributed by atoms with Crippen molar-refractivity contribution in [3.05, 3.63) is 47.9 Å². The Bertz CT molecular complexity index is 808. The predicted octanol–water partition coefficient (Wildman–Crippen LogP) is 3.22. The number of hydrogen-bond donors (Lipinski definition) is 0. The molecule has 0 radical (unpaired) electrons. The smallest absolute Gasteiger partial charge is 0.283 e. The highest BCUT2D eigenvalue weighted by Crippen LogP contribution is 2.38. The molecule has 0 saturated heterocycles. The van der Waals surface area contributed by atoms with Gasteiger partial charge in [-0.3, -0.25) is 9.59 Å². The van der Waals surface area contributed by atoms with Crippen LogP contribution >= 0.6 is 0 Å². The molecule has 2 amide bonds. The maximum absolute atomic E-state index is 12.4. The molecule has 0 aliphatic carbocycles. The number of imide groups is 1. The zero-order chi connectivity index (χ0) is 18.0. The lowest BCUT2D eigenvalue weighted by molar-refractivity contribution is -0.141. The number of ether oxygens (including phenoxy) is 1. The molecule has 0 atom stereocenters. The SMILES string of the molecule is CCCC(=O)N1N=C(C)/C(=C\C=C2\Oc3ccccc3N2CC)C1=O. The third-order valence-electron chi connectivity index (χ3n) is 4.11. The highest BCUT2D eigenvalue weighted by Gasteiger charge is 2.32. The Morgan fingerprint density at radius 3 is 2.72 bits per heavy atom. The quantitative estimate of drug-likeness (QED) is 0.790. The summed E-state index contributed by atoms with van der Waals surface area (Å²) in [7, 11) is 0. The van der Waals surface area contributed by atoms with Gasteiger partial charge in [0.15, 0.2) is 5.75 Å².